The second kappa shape index (κ2) is 7.59. The van der Waals surface area contributed by atoms with Crippen LogP contribution in [0.3, 0.4) is 0 Å². The Labute approximate surface area is 149 Å². The van der Waals surface area contributed by atoms with Crippen LogP contribution in [0.1, 0.15) is 28.7 Å². The second-order valence-corrected chi connectivity index (χ2v) is 6.13. The van der Waals surface area contributed by atoms with Crippen molar-refractivity contribution in [1.29, 1.82) is 0 Å². The average molecular weight is 364 g/mol. The van der Waals surface area contributed by atoms with E-state index in [0.29, 0.717) is 5.69 Å². The van der Waals surface area contributed by atoms with Crippen molar-refractivity contribution in [3.63, 3.8) is 0 Å². The van der Waals surface area contributed by atoms with E-state index in [-0.39, 0.29) is 5.69 Å². The van der Waals surface area contributed by atoms with Crippen molar-refractivity contribution in [3.05, 3.63) is 58.7 Å². The molecule has 0 bridgehead atoms. The molecule has 0 fully saturated rings. The number of hydrogen-bond acceptors (Lipinski definition) is 2. The molecule has 0 aliphatic rings. The van der Waals surface area contributed by atoms with E-state index in [0.717, 1.165) is 28.8 Å². The van der Waals surface area contributed by atoms with E-state index in [9.17, 15) is 22.8 Å². The molecule has 0 radical (unpaired) electrons. The van der Waals surface area contributed by atoms with Crippen molar-refractivity contribution < 1.29 is 22.8 Å². The van der Waals surface area contributed by atoms with Gasteiger partial charge in [-0.15, -0.1) is 0 Å². The summed E-state index contributed by atoms with van der Waals surface area (Å²) in [6.07, 6.45) is -5.00. The molecular weight excluding hydrogens is 345 g/mol. The van der Waals surface area contributed by atoms with Crippen LogP contribution in [-0.4, -0.2) is 11.8 Å². The van der Waals surface area contributed by atoms with Crippen LogP contribution in [-0.2, 0) is 15.8 Å². The Morgan fingerprint density at radius 1 is 0.923 bits per heavy atom. The summed E-state index contributed by atoms with van der Waals surface area (Å²) in [5, 5.41) is 4.99. The van der Waals surface area contributed by atoms with Gasteiger partial charge in [-0.3, -0.25) is 9.59 Å². The van der Waals surface area contributed by atoms with Crippen molar-refractivity contribution in [1.82, 2.24) is 0 Å². The molecule has 0 aliphatic carbocycles. The molecule has 138 valence electrons. The highest BCUT2D eigenvalue weighted by molar-refractivity contribution is 6.08. The van der Waals surface area contributed by atoms with Crippen molar-refractivity contribution in [3.8, 4) is 0 Å². The maximum Gasteiger partial charge on any atom is 0.416 e. The maximum absolute atomic E-state index is 12.7. The summed E-state index contributed by atoms with van der Waals surface area (Å²) in [6.45, 7) is 5.63. The van der Waals surface area contributed by atoms with E-state index in [1.165, 1.54) is 12.1 Å². The predicted octanol–water partition coefficient (Wildman–Crippen LogP) is 4.60. The minimum Gasteiger partial charge on any atom is -0.326 e. The molecule has 0 aliphatic heterocycles. The molecule has 0 heterocycles. The summed E-state index contributed by atoms with van der Waals surface area (Å²) < 4.78 is 38.1. The highest BCUT2D eigenvalue weighted by Gasteiger charge is 2.30. The van der Waals surface area contributed by atoms with Crippen LogP contribution in [0.5, 0.6) is 0 Å². The van der Waals surface area contributed by atoms with E-state index in [2.05, 4.69) is 10.6 Å². The molecule has 0 unspecified atom stereocenters. The van der Waals surface area contributed by atoms with Crippen molar-refractivity contribution in [2.45, 2.75) is 33.4 Å². The van der Waals surface area contributed by atoms with Gasteiger partial charge in [-0.2, -0.15) is 13.2 Å². The number of nitrogens with one attached hydrogen (secondary N) is 2. The Morgan fingerprint density at radius 3 is 2.08 bits per heavy atom. The summed E-state index contributed by atoms with van der Waals surface area (Å²) in [4.78, 5) is 24.0. The largest absolute Gasteiger partial charge is 0.416 e. The molecular formula is C19H19F3N2O2. The minimum atomic E-state index is -4.50. The first-order chi connectivity index (χ1) is 12.1. The molecule has 2 rings (SSSR count). The first kappa shape index (κ1) is 19.5. The molecule has 7 heteroatoms. The van der Waals surface area contributed by atoms with Gasteiger partial charge in [-0.25, -0.2) is 0 Å². The van der Waals surface area contributed by atoms with E-state index >= 15 is 0 Å². The van der Waals surface area contributed by atoms with Crippen LogP contribution in [0.4, 0.5) is 24.5 Å². The molecule has 4 nitrogen and oxygen atoms in total. The summed E-state index contributed by atoms with van der Waals surface area (Å²) in [5.41, 5.74) is 2.54. The zero-order valence-electron chi connectivity index (χ0n) is 14.6. The Hall–Kier alpha value is -2.83. The molecule has 0 saturated carbocycles. The Balaban J connectivity index is 2.01. The van der Waals surface area contributed by atoms with Gasteiger partial charge in [0.15, 0.2) is 0 Å². The lowest BCUT2D eigenvalue weighted by Crippen LogP contribution is -2.22. The summed E-state index contributed by atoms with van der Waals surface area (Å²) in [5.74, 6) is -1.23. The molecule has 0 atom stereocenters. The highest BCUT2D eigenvalue weighted by atomic mass is 19.4. The summed E-state index contributed by atoms with van der Waals surface area (Å²) >= 11 is 0. The van der Waals surface area contributed by atoms with Crippen LogP contribution in [0.25, 0.3) is 0 Å². The summed E-state index contributed by atoms with van der Waals surface area (Å²) in [6, 6.07) is 8.07. The van der Waals surface area contributed by atoms with Crippen molar-refractivity contribution in [2.24, 2.45) is 0 Å². The Kier molecular flexibility index (Phi) is 5.69. The van der Waals surface area contributed by atoms with Gasteiger partial charge in [-0.1, -0.05) is 23.8 Å². The fourth-order valence-electron chi connectivity index (χ4n) is 2.69. The molecule has 2 aromatic carbocycles. The van der Waals surface area contributed by atoms with Crippen LogP contribution in [0.2, 0.25) is 0 Å². The lowest BCUT2D eigenvalue weighted by atomic mass is 10.0. The number of aryl methyl sites for hydroxylation is 3. The quantitative estimate of drug-likeness (QED) is 0.779. The monoisotopic (exact) mass is 364 g/mol. The topological polar surface area (TPSA) is 58.2 Å². The number of alkyl halides is 3. The number of hydrogen-bond donors (Lipinski definition) is 2. The van der Waals surface area contributed by atoms with Crippen LogP contribution < -0.4 is 10.6 Å². The number of rotatable bonds is 4. The van der Waals surface area contributed by atoms with E-state index in [1.54, 1.807) is 0 Å². The number of benzene rings is 2. The van der Waals surface area contributed by atoms with Gasteiger partial charge >= 0.3 is 6.18 Å². The van der Waals surface area contributed by atoms with Gasteiger partial charge in [0, 0.05) is 11.4 Å². The fraction of sp³-hybridized carbons (Fsp3) is 0.263. The van der Waals surface area contributed by atoms with Crippen LogP contribution >= 0.6 is 0 Å². The van der Waals surface area contributed by atoms with Crippen molar-refractivity contribution >= 4 is 23.2 Å². The molecule has 2 N–H and O–H groups in total. The SMILES string of the molecule is Cc1cc(C)c(NC(=O)CC(=O)Nc2cccc(C(F)(F)F)c2)c(C)c1. The number of carbonyl (C=O) groups excluding carboxylic acids is 2. The van der Waals surface area contributed by atoms with Gasteiger partial charge < -0.3 is 10.6 Å². The molecule has 0 spiro atoms. The highest BCUT2D eigenvalue weighted by Crippen LogP contribution is 2.30. The molecule has 2 aromatic rings. The maximum atomic E-state index is 12.7. The molecule has 0 aromatic heterocycles. The van der Waals surface area contributed by atoms with E-state index < -0.39 is 30.0 Å². The number of amides is 2. The average Bonchev–Trinajstić information content (AvgIpc) is 2.50. The Bertz CT molecular complexity index is 822. The third-order valence-electron chi connectivity index (χ3n) is 3.74. The Morgan fingerprint density at radius 2 is 1.50 bits per heavy atom. The lowest BCUT2D eigenvalue weighted by molar-refractivity contribution is -0.137. The smallest absolute Gasteiger partial charge is 0.326 e. The number of anilines is 2. The van der Waals surface area contributed by atoms with E-state index in [1.807, 2.05) is 32.9 Å². The van der Waals surface area contributed by atoms with E-state index in [4.69, 9.17) is 0 Å². The van der Waals surface area contributed by atoms with Gasteiger partial charge in [-0.05, 0) is 50.1 Å². The lowest BCUT2D eigenvalue weighted by Gasteiger charge is -2.13. The molecule has 26 heavy (non-hydrogen) atoms. The van der Waals surface area contributed by atoms with Crippen molar-refractivity contribution in [2.75, 3.05) is 10.6 Å². The number of halogens is 3. The summed E-state index contributed by atoms with van der Waals surface area (Å²) in [7, 11) is 0. The van der Waals surface area contributed by atoms with Gasteiger partial charge in [0.25, 0.3) is 0 Å². The van der Waals surface area contributed by atoms with Gasteiger partial charge in [0.1, 0.15) is 6.42 Å². The van der Waals surface area contributed by atoms with Crippen LogP contribution in [0.15, 0.2) is 36.4 Å². The fourth-order valence-corrected chi connectivity index (χ4v) is 2.69. The normalized spacial score (nSPS) is 11.2. The standard InChI is InChI=1S/C19H19F3N2O2/c1-11-7-12(2)18(13(3)8-11)24-17(26)10-16(25)23-15-6-4-5-14(9-15)19(20,21)22/h4-9H,10H2,1-3H3,(H,23,25)(H,24,26). The predicted molar refractivity (Wildman–Crippen MR) is 94.0 cm³/mol. The zero-order valence-corrected chi connectivity index (χ0v) is 14.6. The van der Waals surface area contributed by atoms with Crippen LogP contribution in [0, 0.1) is 20.8 Å². The molecule has 0 saturated heterocycles. The first-order valence-electron chi connectivity index (χ1n) is 7.91. The minimum absolute atomic E-state index is 0.0136. The molecule has 2 amide bonds. The van der Waals surface area contributed by atoms with Gasteiger partial charge in [0.2, 0.25) is 11.8 Å². The zero-order chi connectivity index (χ0) is 19.5. The second-order valence-electron chi connectivity index (χ2n) is 6.13. The third-order valence-corrected chi connectivity index (χ3v) is 3.74. The van der Waals surface area contributed by atoms with Gasteiger partial charge in [0.05, 0.1) is 5.56 Å². The number of carbonyl (C=O) groups is 2. The first-order valence-corrected chi connectivity index (χ1v) is 7.91. The third kappa shape index (κ3) is 5.08.